The third-order valence-electron chi connectivity index (χ3n) is 3.66. The van der Waals surface area contributed by atoms with Crippen molar-refractivity contribution in [3.63, 3.8) is 0 Å². The van der Waals surface area contributed by atoms with Gasteiger partial charge in [0, 0.05) is 5.56 Å². The first kappa shape index (κ1) is 18.6. The van der Waals surface area contributed by atoms with Gasteiger partial charge in [-0.05, 0) is 42.8 Å². The molecule has 1 N–H and O–H groups in total. The Kier molecular flexibility index (Phi) is 5.49. The van der Waals surface area contributed by atoms with Crippen molar-refractivity contribution in [3.8, 4) is 22.9 Å². The van der Waals surface area contributed by atoms with Crippen molar-refractivity contribution in [2.45, 2.75) is 20.1 Å². The third-order valence-corrected chi connectivity index (χ3v) is 3.66. The molecule has 3 rings (SSSR count). The predicted octanol–water partition coefficient (Wildman–Crippen LogP) is 4.41. The van der Waals surface area contributed by atoms with Gasteiger partial charge in [-0.1, -0.05) is 11.2 Å². The Bertz CT molecular complexity index is 931. The molecule has 0 saturated heterocycles. The number of ether oxygens (including phenoxy) is 2. The number of nitrogens with one attached hydrogen (secondary N) is 1. The van der Waals surface area contributed by atoms with Crippen molar-refractivity contribution >= 4 is 5.69 Å². The highest BCUT2D eigenvalue weighted by Crippen LogP contribution is 2.32. The van der Waals surface area contributed by atoms with E-state index in [1.165, 1.54) is 31.4 Å². The van der Waals surface area contributed by atoms with Gasteiger partial charge in [0.1, 0.15) is 5.82 Å². The lowest BCUT2D eigenvalue weighted by Gasteiger charge is -2.10. The lowest BCUT2D eigenvalue weighted by molar-refractivity contribution is -0.0512. The standard InChI is InChI=1S/C18H16F3N3O3/c1-10-3-5-13(12(19)7-10)22-9-16-23-17(24-27-16)11-4-6-14(26-18(20)21)15(8-11)25-2/h3-8,18,22H,9H2,1-2H3. The van der Waals surface area contributed by atoms with Crippen LogP contribution in [0.2, 0.25) is 0 Å². The monoisotopic (exact) mass is 379 g/mol. The second kappa shape index (κ2) is 7.98. The Morgan fingerprint density at radius 1 is 1.15 bits per heavy atom. The van der Waals surface area contributed by atoms with E-state index in [4.69, 9.17) is 9.26 Å². The average Bonchev–Trinajstić information content (AvgIpc) is 3.10. The number of alkyl halides is 2. The fourth-order valence-corrected chi connectivity index (χ4v) is 2.38. The van der Waals surface area contributed by atoms with E-state index in [1.54, 1.807) is 19.1 Å². The van der Waals surface area contributed by atoms with Gasteiger partial charge < -0.3 is 19.3 Å². The normalized spacial score (nSPS) is 10.9. The molecule has 2 aromatic carbocycles. The van der Waals surface area contributed by atoms with E-state index in [0.29, 0.717) is 11.3 Å². The van der Waals surface area contributed by atoms with Crippen molar-refractivity contribution in [3.05, 3.63) is 53.7 Å². The summed E-state index contributed by atoms with van der Waals surface area (Å²) in [7, 11) is 1.33. The highest BCUT2D eigenvalue weighted by atomic mass is 19.3. The first-order chi connectivity index (χ1) is 13.0. The quantitative estimate of drug-likeness (QED) is 0.656. The Hall–Kier alpha value is -3.23. The SMILES string of the molecule is COc1cc(-c2noc(CNc3ccc(C)cc3F)n2)ccc1OC(F)F. The fourth-order valence-electron chi connectivity index (χ4n) is 2.38. The lowest BCUT2D eigenvalue weighted by atomic mass is 10.2. The molecule has 142 valence electrons. The first-order valence-corrected chi connectivity index (χ1v) is 7.92. The molecule has 0 aliphatic carbocycles. The molecule has 0 saturated carbocycles. The van der Waals surface area contributed by atoms with Gasteiger partial charge >= 0.3 is 6.61 Å². The summed E-state index contributed by atoms with van der Waals surface area (Å²) in [6.07, 6.45) is 0. The van der Waals surface area contributed by atoms with Crippen molar-refractivity contribution in [2.75, 3.05) is 12.4 Å². The number of hydrogen-bond acceptors (Lipinski definition) is 6. The van der Waals surface area contributed by atoms with E-state index in [0.717, 1.165) is 5.56 Å². The Morgan fingerprint density at radius 2 is 1.96 bits per heavy atom. The minimum Gasteiger partial charge on any atom is -0.493 e. The molecular weight excluding hydrogens is 363 g/mol. The van der Waals surface area contributed by atoms with Crippen LogP contribution in [-0.2, 0) is 6.54 Å². The second-order valence-corrected chi connectivity index (χ2v) is 5.59. The summed E-state index contributed by atoms with van der Waals surface area (Å²) < 4.78 is 53.2. The van der Waals surface area contributed by atoms with Crippen LogP contribution in [0.15, 0.2) is 40.9 Å². The maximum Gasteiger partial charge on any atom is 0.387 e. The summed E-state index contributed by atoms with van der Waals surface area (Å²) in [6.45, 7) is -1.05. The maximum atomic E-state index is 13.8. The molecule has 3 aromatic rings. The van der Waals surface area contributed by atoms with Gasteiger partial charge in [0.05, 0.1) is 19.3 Å². The molecular formula is C18H16F3N3O3. The lowest BCUT2D eigenvalue weighted by Crippen LogP contribution is -2.03. The van der Waals surface area contributed by atoms with Crippen molar-refractivity contribution in [1.29, 1.82) is 0 Å². The highest BCUT2D eigenvalue weighted by Gasteiger charge is 2.15. The van der Waals surface area contributed by atoms with Gasteiger partial charge in [-0.2, -0.15) is 13.8 Å². The third kappa shape index (κ3) is 4.49. The topological polar surface area (TPSA) is 69.4 Å². The maximum absolute atomic E-state index is 13.8. The molecule has 0 fully saturated rings. The smallest absolute Gasteiger partial charge is 0.387 e. The van der Waals surface area contributed by atoms with E-state index >= 15 is 0 Å². The van der Waals surface area contributed by atoms with E-state index < -0.39 is 6.61 Å². The van der Waals surface area contributed by atoms with Crippen LogP contribution < -0.4 is 14.8 Å². The molecule has 0 aliphatic heterocycles. The molecule has 1 aromatic heterocycles. The van der Waals surface area contributed by atoms with Gasteiger partial charge in [-0.15, -0.1) is 0 Å². The minimum atomic E-state index is -2.96. The van der Waals surface area contributed by atoms with E-state index in [2.05, 4.69) is 20.2 Å². The molecule has 27 heavy (non-hydrogen) atoms. The minimum absolute atomic E-state index is 0.100. The molecule has 0 spiro atoms. The van der Waals surface area contributed by atoms with Gasteiger partial charge in [0.25, 0.3) is 0 Å². The van der Waals surface area contributed by atoms with Crippen molar-refractivity contribution in [2.24, 2.45) is 0 Å². The van der Waals surface area contributed by atoms with Crippen LogP contribution in [0, 0.1) is 12.7 Å². The Balaban J connectivity index is 1.73. The molecule has 0 amide bonds. The molecule has 0 unspecified atom stereocenters. The summed E-state index contributed by atoms with van der Waals surface area (Å²) in [4.78, 5) is 4.20. The van der Waals surface area contributed by atoms with E-state index in [1.807, 2.05) is 0 Å². The van der Waals surface area contributed by atoms with Crippen LogP contribution in [0.1, 0.15) is 11.5 Å². The zero-order valence-electron chi connectivity index (χ0n) is 14.5. The number of hydrogen-bond donors (Lipinski definition) is 1. The van der Waals surface area contributed by atoms with Crippen LogP contribution in [-0.4, -0.2) is 23.9 Å². The van der Waals surface area contributed by atoms with Crippen LogP contribution >= 0.6 is 0 Å². The predicted molar refractivity (Wildman–Crippen MR) is 91.4 cm³/mol. The number of benzene rings is 2. The summed E-state index contributed by atoms with van der Waals surface area (Å²) in [5, 5.41) is 6.71. The molecule has 1 heterocycles. The molecule has 9 heteroatoms. The zero-order chi connectivity index (χ0) is 19.4. The molecule has 6 nitrogen and oxygen atoms in total. The number of aryl methyl sites for hydroxylation is 1. The number of methoxy groups -OCH3 is 1. The summed E-state index contributed by atoms with van der Waals surface area (Å²) in [5.74, 6) is 0.0968. The van der Waals surface area contributed by atoms with Crippen LogP contribution in [0.4, 0.5) is 18.9 Å². The summed E-state index contributed by atoms with van der Waals surface area (Å²) >= 11 is 0. The summed E-state index contributed by atoms with van der Waals surface area (Å²) in [5.41, 5.74) is 1.62. The van der Waals surface area contributed by atoms with Crippen molar-refractivity contribution in [1.82, 2.24) is 10.1 Å². The van der Waals surface area contributed by atoms with Gasteiger partial charge in [0.2, 0.25) is 11.7 Å². The van der Waals surface area contributed by atoms with E-state index in [9.17, 15) is 13.2 Å². The van der Waals surface area contributed by atoms with Crippen LogP contribution in [0.25, 0.3) is 11.4 Å². The number of rotatable bonds is 7. The number of halogens is 3. The first-order valence-electron chi connectivity index (χ1n) is 7.92. The fraction of sp³-hybridized carbons (Fsp3) is 0.222. The Labute approximate surface area is 152 Å². The molecule has 0 aliphatic rings. The van der Waals surface area contributed by atoms with Gasteiger partial charge in [-0.3, -0.25) is 0 Å². The molecule has 0 atom stereocenters. The zero-order valence-corrected chi connectivity index (χ0v) is 14.5. The second-order valence-electron chi connectivity index (χ2n) is 5.59. The molecule has 0 radical (unpaired) electrons. The number of anilines is 1. The number of aromatic nitrogens is 2. The van der Waals surface area contributed by atoms with Gasteiger partial charge in [0.15, 0.2) is 11.5 Å². The van der Waals surface area contributed by atoms with Crippen LogP contribution in [0.3, 0.4) is 0 Å². The number of nitrogens with zero attached hydrogens (tertiary/aromatic N) is 2. The largest absolute Gasteiger partial charge is 0.493 e. The molecule has 0 bridgehead atoms. The summed E-state index contributed by atoms with van der Waals surface area (Å²) in [6, 6.07) is 9.10. The van der Waals surface area contributed by atoms with Gasteiger partial charge in [-0.25, -0.2) is 4.39 Å². The van der Waals surface area contributed by atoms with Crippen LogP contribution in [0.5, 0.6) is 11.5 Å². The average molecular weight is 379 g/mol. The van der Waals surface area contributed by atoms with Crippen molar-refractivity contribution < 1.29 is 27.2 Å². The Morgan fingerprint density at radius 3 is 2.67 bits per heavy atom. The highest BCUT2D eigenvalue weighted by molar-refractivity contribution is 5.60. The van der Waals surface area contributed by atoms with E-state index in [-0.39, 0.29) is 35.6 Å².